The predicted molar refractivity (Wildman–Crippen MR) is 77.8 cm³/mol. The van der Waals surface area contributed by atoms with Crippen LogP contribution >= 0.6 is 15.9 Å². The van der Waals surface area contributed by atoms with Gasteiger partial charge >= 0.3 is 5.97 Å². The lowest BCUT2D eigenvalue weighted by Gasteiger charge is -2.13. The number of anilines is 1. The lowest BCUT2D eigenvalue weighted by molar-refractivity contribution is -0.139. The van der Waals surface area contributed by atoms with Gasteiger partial charge in [0.2, 0.25) is 0 Å². The molecule has 1 atom stereocenters. The summed E-state index contributed by atoms with van der Waals surface area (Å²) < 4.78 is 4.55. The SMILES string of the molecule is COC(=O)C(Br)CNC(=O)c1ccc(N(C)C)cc1. The third kappa shape index (κ3) is 4.55. The molecule has 1 aromatic carbocycles. The summed E-state index contributed by atoms with van der Waals surface area (Å²) >= 11 is 3.14. The van der Waals surface area contributed by atoms with Gasteiger partial charge in [-0.2, -0.15) is 0 Å². The van der Waals surface area contributed by atoms with Crippen LogP contribution in [-0.4, -0.2) is 44.5 Å². The number of hydrogen-bond acceptors (Lipinski definition) is 4. The summed E-state index contributed by atoms with van der Waals surface area (Å²) in [6.45, 7) is 0.181. The van der Waals surface area contributed by atoms with E-state index in [-0.39, 0.29) is 12.5 Å². The van der Waals surface area contributed by atoms with Crippen molar-refractivity contribution in [2.75, 3.05) is 32.6 Å². The van der Waals surface area contributed by atoms with Crippen LogP contribution < -0.4 is 10.2 Å². The van der Waals surface area contributed by atoms with E-state index in [4.69, 9.17) is 0 Å². The molecule has 104 valence electrons. The van der Waals surface area contributed by atoms with Crippen molar-refractivity contribution in [3.63, 3.8) is 0 Å². The number of carbonyl (C=O) groups excluding carboxylic acids is 2. The highest BCUT2D eigenvalue weighted by Gasteiger charge is 2.16. The van der Waals surface area contributed by atoms with Crippen molar-refractivity contribution in [3.8, 4) is 0 Å². The van der Waals surface area contributed by atoms with E-state index in [1.165, 1.54) is 7.11 Å². The molecule has 0 radical (unpaired) electrons. The van der Waals surface area contributed by atoms with Gasteiger partial charge in [0.25, 0.3) is 5.91 Å². The van der Waals surface area contributed by atoms with Gasteiger partial charge in [-0.25, -0.2) is 0 Å². The highest BCUT2D eigenvalue weighted by atomic mass is 79.9. The molecule has 0 spiro atoms. The number of esters is 1. The molecule has 1 N–H and O–H groups in total. The van der Waals surface area contributed by atoms with Crippen LogP contribution in [0.3, 0.4) is 0 Å². The second-order valence-electron chi connectivity index (χ2n) is 4.14. The largest absolute Gasteiger partial charge is 0.468 e. The molecule has 5 nitrogen and oxygen atoms in total. The second-order valence-corrected chi connectivity index (χ2v) is 5.25. The van der Waals surface area contributed by atoms with E-state index in [0.717, 1.165) is 5.69 Å². The average Bonchev–Trinajstić information content (AvgIpc) is 2.43. The molecule has 0 bridgehead atoms. The Kier molecular flexibility index (Phi) is 5.82. The van der Waals surface area contributed by atoms with Crippen LogP contribution in [0.15, 0.2) is 24.3 Å². The molecular weight excluding hydrogens is 312 g/mol. The molecule has 0 aliphatic rings. The Labute approximate surface area is 121 Å². The van der Waals surface area contributed by atoms with Gasteiger partial charge in [-0.1, -0.05) is 15.9 Å². The Bertz CT molecular complexity index is 446. The maximum Gasteiger partial charge on any atom is 0.321 e. The summed E-state index contributed by atoms with van der Waals surface area (Å²) in [5.74, 6) is -0.637. The van der Waals surface area contributed by atoms with Gasteiger partial charge in [0, 0.05) is 31.9 Å². The van der Waals surface area contributed by atoms with Gasteiger partial charge in [0.15, 0.2) is 0 Å². The van der Waals surface area contributed by atoms with Gasteiger partial charge < -0.3 is 15.0 Å². The summed E-state index contributed by atoms with van der Waals surface area (Å²) in [5.41, 5.74) is 1.57. The minimum atomic E-state index is -0.539. The van der Waals surface area contributed by atoms with Crippen molar-refractivity contribution in [1.29, 1.82) is 0 Å². The van der Waals surface area contributed by atoms with Crippen molar-refractivity contribution in [2.45, 2.75) is 4.83 Å². The molecule has 0 saturated carbocycles. The number of halogens is 1. The van der Waals surface area contributed by atoms with E-state index in [1.807, 2.05) is 31.1 Å². The fourth-order valence-corrected chi connectivity index (χ4v) is 1.76. The maximum absolute atomic E-state index is 11.8. The van der Waals surface area contributed by atoms with E-state index in [2.05, 4.69) is 26.0 Å². The average molecular weight is 329 g/mol. The van der Waals surface area contributed by atoms with Gasteiger partial charge in [-0.3, -0.25) is 9.59 Å². The molecule has 0 aliphatic heterocycles. The van der Waals surface area contributed by atoms with Gasteiger partial charge in [-0.15, -0.1) is 0 Å². The molecule has 1 unspecified atom stereocenters. The molecular formula is C13H17BrN2O3. The first-order valence-electron chi connectivity index (χ1n) is 5.73. The lowest BCUT2D eigenvalue weighted by atomic mass is 10.2. The molecule has 1 amide bonds. The quantitative estimate of drug-likeness (QED) is 0.656. The van der Waals surface area contributed by atoms with Crippen LogP contribution in [-0.2, 0) is 9.53 Å². The van der Waals surface area contributed by atoms with Crippen molar-refractivity contribution >= 4 is 33.5 Å². The molecule has 6 heteroatoms. The molecule has 0 heterocycles. The van der Waals surface area contributed by atoms with Crippen LogP contribution in [0.4, 0.5) is 5.69 Å². The van der Waals surface area contributed by atoms with E-state index >= 15 is 0 Å². The molecule has 0 saturated heterocycles. The van der Waals surface area contributed by atoms with E-state index in [9.17, 15) is 9.59 Å². The highest BCUT2D eigenvalue weighted by Crippen LogP contribution is 2.12. The Morgan fingerprint density at radius 1 is 1.32 bits per heavy atom. The minimum absolute atomic E-state index is 0.181. The normalized spacial score (nSPS) is 11.6. The van der Waals surface area contributed by atoms with Crippen LogP contribution in [0, 0.1) is 0 Å². The Morgan fingerprint density at radius 3 is 2.37 bits per heavy atom. The highest BCUT2D eigenvalue weighted by molar-refractivity contribution is 9.10. The third-order valence-corrected chi connectivity index (χ3v) is 3.24. The van der Waals surface area contributed by atoms with Crippen LogP contribution in [0.1, 0.15) is 10.4 Å². The van der Waals surface area contributed by atoms with Crippen molar-refractivity contribution in [1.82, 2.24) is 5.32 Å². The van der Waals surface area contributed by atoms with Gasteiger partial charge in [0.1, 0.15) is 4.83 Å². The lowest BCUT2D eigenvalue weighted by Crippen LogP contribution is -2.33. The summed E-state index contributed by atoms with van der Waals surface area (Å²) in [5, 5.41) is 2.66. The minimum Gasteiger partial charge on any atom is -0.468 e. The zero-order valence-electron chi connectivity index (χ0n) is 11.1. The summed E-state index contributed by atoms with van der Waals surface area (Å²) in [7, 11) is 5.17. The number of rotatable bonds is 5. The number of nitrogens with one attached hydrogen (secondary N) is 1. The summed E-state index contributed by atoms with van der Waals surface area (Å²) in [6, 6.07) is 7.21. The first-order chi connectivity index (χ1) is 8.95. The summed E-state index contributed by atoms with van der Waals surface area (Å²) in [6.07, 6.45) is 0. The smallest absolute Gasteiger partial charge is 0.321 e. The Morgan fingerprint density at radius 2 is 1.89 bits per heavy atom. The zero-order chi connectivity index (χ0) is 14.4. The van der Waals surface area contributed by atoms with Crippen molar-refractivity contribution in [2.24, 2.45) is 0 Å². The van der Waals surface area contributed by atoms with Crippen LogP contribution in [0.5, 0.6) is 0 Å². The number of alkyl halides is 1. The number of amides is 1. The number of methoxy groups -OCH3 is 1. The fraction of sp³-hybridized carbons (Fsp3) is 0.385. The first kappa shape index (κ1) is 15.5. The molecule has 19 heavy (non-hydrogen) atoms. The monoisotopic (exact) mass is 328 g/mol. The topological polar surface area (TPSA) is 58.6 Å². The molecule has 0 aromatic heterocycles. The summed E-state index contributed by atoms with van der Waals surface area (Å²) in [4.78, 5) is 24.4. The van der Waals surface area contributed by atoms with Crippen LogP contribution in [0.25, 0.3) is 0 Å². The zero-order valence-corrected chi connectivity index (χ0v) is 12.7. The fourth-order valence-electron chi connectivity index (χ4n) is 1.41. The number of carbonyl (C=O) groups is 2. The van der Waals surface area contributed by atoms with E-state index in [1.54, 1.807) is 12.1 Å². The molecule has 1 aromatic rings. The second kappa shape index (κ2) is 7.13. The number of ether oxygens (including phenoxy) is 1. The van der Waals surface area contributed by atoms with Gasteiger partial charge in [0.05, 0.1) is 7.11 Å². The predicted octanol–water partition coefficient (Wildman–Crippen LogP) is 1.42. The van der Waals surface area contributed by atoms with E-state index in [0.29, 0.717) is 5.56 Å². The van der Waals surface area contributed by atoms with Crippen molar-refractivity contribution < 1.29 is 14.3 Å². The standard InChI is InChI=1S/C13H17BrN2O3/c1-16(2)10-6-4-9(5-7-10)12(17)15-8-11(14)13(18)19-3/h4-7,11H,8H2,1-3H3,(H,15,17). The number of hydrogen-bond donors (Lipinski definition) is 1. The van der Waals surface area contributed by atoms with Crippen molar-refractivity contribution in [3.05, 3.63) is 29.8 Å². The Hall–Kier alpha value is -1.56. The number of nitrogens with zero attached hydrogens (tertiary/aromatic N) is 1. The van der Waals surface area contributed by atoms with Gasteiger partial charge in [-0.05, 0) is 24.3 Å². The molecule has 1 rings (SSSR count). The van der Waals surface area contributed by atoms with Crippen LogP contribution in [0.2, 0.25) is 0 Å². The maximum atomic E-state index is 11.8. The molecule has 0 fully saturated rings. The first-order valence-corrected chi connectivity index (χ1v) is 6.64. The third-order valence-electron chi connectivity index (χ3n) is 2.54. The number of benzene rings is 1. The molecule has 0 aliphatic carbocycles. The van der Waals surface area contributed by atoms with E-state index < -0.39 is 10.8 Å². The Balaban J connectivity index is 2.56.